The fourth-order valence-electron chi connectivity index (χ4n) is 4.17. The molecule has 0 saturated carbocycles. The summed E-state index contributed by atoms with van der Waals surface area (Å²) in [6.07, 6.45) is -0.0122. The van der Waals surface area contributed by atoms with Crippen molar-refractivity contribution in [1.82, 2.24) is 8.61 Å². The van der Waals surface area contributed by atoms with E-state index in [9.17, 15) is 21.9 Å². The molecule has 0 amide bonds. The quantitative estimate of drug-likeness (QED) is 0.479. The summed E-state index contributed by atoms with van der Waals surface area (Å²) in [4.78, 5) is 0.0245. The van der Waals surface area contributed by atoms with Gasteiger partial charge in [0.15, 0.2) is 0 Å². The lowest BCUT2D eigenvalue weighted by molar-refractivity contribution is 0.0904. The molecule has 1 aliphatic heterocycles. The highest BCUT2D eigenvalue weighted by Crippen LogP contribution is 2.34. The molecule has 0 spiro atoms. The van der Waals surface area contributed by atoms with E-state index in [0.717, 1.165) is 0 Å². The molecule has 9 nitrogen and oxygen atoms in total. The van der Waals surface area contributed by atoms with Crippen molar-refractivity contribution < 1.29 is 31.4 Å². The molecule has 0 fully saturated rings. The molecule has 0 unspecified atom stereocenters. The molecule has 0 aromatic heterocycles. The second kappa shape index (κ2) is 12.7. The van der Waals surface area contributed by atoms with Crippen molar-refractivity contribution in [1.29, 1.82) is 0 Å². The number of benzene rings is 2. The van der Waals surface area contributed by atoms with E-state index in [1.807, 2.05) is 0 Å². The molecule has 0 bridgehead atoms. The maximum absolute atomic E-state index is 13.7. The molecule has 39 heavy (non-hydrogen) atoms. The summed E-state index contributed by atoms with van der Waals surface area (Å²) in [5.41, 5.74) is 0.593. The van der Waals surface area contributed by atoms with Gasteiger partial charge >= 0.3 is 0 Å². The standard InChI is InChI=1S/C28H38N2O7S2/c1-20(2)9-7-10-23-13-14-28-26(15-23)37-27(21(3)17-30(22(4)19-31)39(28,34)35)18-29(5)38(32,33)25-12-8-11-24(16-25)36-6/h8,11-16,20-22,27,31H,9,17-19H2,1-6H3/t21-,22+,27-/m1/s1. The van der Waals surface area contributed by atoms with Crippen LogP contribution in [0.15, 0.2) is 52.3 Å². The first-order valence-corrected chi connectivity index (χ1v) is 15.7. The Kier molecular flexibility index (Phi) is 10.1. The average molecular weight is 579 g/mol. The molecule has 1 heterocycles. The maximum Gasteiger partial charge on any atom is 0.247 e. The van der Waals surface area contributed by atoms with Crippen LogP contribution in [0.4, 0.5) is 0 Å². The zero-order valence-electron chi connectivity index (χ0n) is 23.3. The van der Waals surface area contributed by atoms with Gasteiger partial charge in [-0.05, 0) is 43.2 Å². The molecule has 0 saturated heterocycles. The Hall–Kier alpha value is -2.62. The normalized spacial score (nSPS) is 20.2. The summed E-state index contributed by atoms with van der Waals surface area (Å²) < 4.78 is 68.0. The van der Waals surface area contributed by atoms with Crippen LogP contribution in [0.25, 0.3) is 0 Å². The second-order valence-electron chi connectivity index (χ2n) is 10.3. The van der Waals surface area contributed by atoms with Gasteiger partial charge in [-0.1, -0.05) is 38.7 Å². The lowest BCUT2D eigenvalue weighted by Gasteiger charge is -2.37. The zero-order chi connectivity index (χ0) is 29.0. The van der Waals surface area contributed by atoms with E-state index in [4.69, 9.17) is 9.47 Å². The van der Waals surface area contributed by atoms with E-state index in [2.05, 4.69) is 25.7 Å². The summed E-state index contributed by atoms with van der Waals surface area (Å²) in [7, 11) is -4.99. The Bertz CT molecular complexity index is 1430. The third kappa shape index (κ3) is 7.13. The van der Waals surface area contributed by atoms with Crippen molar-refractivity contribution in [3.8, 4) is 23.3 Å². The van der Waals surface area contributed by atoms with Gasteiger partial charge in [0.25, 0.3) is 0 Å². The molecule has 0 radical (unpaired) electrons. The Morgan fingerprint density at radius 2 is 1.92 bits per heavy atom. The van der Waals surface area contributed by atoms with Gasteiger partial charge in [0.2, 0.25) is 20.0 Å². The topological polar surface area (TPSA) is 113 Å². The van der Waals surface area contributed by atoms with Gasteiger partial charge in [0.1, 0.15) is 22.5 Å². The minimum absolute atomic E-state index is 0.0369. The first kappa shape index (κ1) is 30.9. The third-order valence-electron chi connectivity index (χ3n) is 6.60. The monoisotopic (exact) mass is 578 g/mol. The van der Waals surface area contributed by atoms with Crippen molar-refractivity contribution in [2.24, 2.45) is 11.8 Å². The fourth-order valence-corrected chi connectivity index (χ4v) is 7.22. The van der Waals surface area contributed by atoms with Crippen LogP contribution in [0, 0.1) is 23.7 Å². The number of likely N-dealkylation sites (N-methyl/N-ethyl adjacent to an activating group) is 1. The molecule has 214 valence electrons. The number of hydrogen-bond donors (Lipinski definition) is 1. The molecule has 3 atom stereocenters. The lowest BCUT2D eigenvalue weighted by atomic mass is 10.0. The Balaban J connectivity index is 2.04. The first-order chi connectivity index (χ1) is 18.3. The largest absolute Gasteiger partial charge is 0.497 e. The van der Waals surface area contributed by atoms with Crippen molar-refractivity contribution in [2.45, 2.75) is 56.1 Å². The van der Waals surface area contributed by atoms with Gasteiger partial charge in [-0.25, -0.2) is 16.8 Å². The van der Waals surface area contributed by atoms with Crippen LogP contribution >= 0.6 is 0 Å². The van der Waals surface area contributed by atoms with E-state index in [1.165, 1.54) is 41.0 Å². The SMILES string of the molecule is COc1cccc(S(=O)(=O)N(C)C[C@H]2Oc3cc(C#CCC(C)C)ccc3S(=O)(=O)N([C@@H](C)CO)C[C@H]2C)c1. The Labute approximate surface area is 232 Å². The summed E-state index contributed by atoms with van der Waals surface area (Å²) in [6, 6.07) is 10.2. The molecule has 1 aliphatic rings. The Morgan fingerprint density at radius 1 is 1.21 bits per heavy atom. The van der Waals surface area contributed by atoms with Gasteiger partial charge in [0.05, 0.1) is 25.2 Å². The van der Waals surface area contributed by atoms with Crippen molar-refractivity contribution >= 4 is 20.0 Å². The van der Waals surface area contributed by atoms with Crippen LogP contribution in [0.3, 0.4) is 0 Å². The van der Waals surface area contributed by atoms with Crippen LogP contribution in [-0.2, 0) is 20.0 Å². The Morgan fingerprint density at radius 3 is 2.56 bits per heavy atom. The fraction of sp³-hybridized carbons (Fsp3) is 0.500. The lowest BCUT2D eigenvalue weighted by Crippen LogP contribution is -2.50. The predicted molar refractivity (Wildman–Crippen MR) is 150 cm³/mol. The minimum Gasteiger partial charge on any atom is -0.497 e. The molecule has 2 aromatic carbocycles. The van der Waals surface area contributed by atoms with Gasteiger partial charge in [-0.3, -0.25) is 0 Å². The van der Waals surface area contributed by atoms with Gasteiger partial charge in [0, 0.05) is 43.6 Å². The second-order valence-corrected chi connectivity index (χ2v) is 14.2. The molecule has 11 heteroatoms. The zero-order valence-corrected chi connectivity index (χ0v) is 24.9. The maximum atomic E-state index is 13.7. The number of aliphatic hydroxyl groups excluding tert-OH is 1. The van der Waals surface area contributed by atoms with Gasteiger partial charge in [-0.15, -0.1) is 0 Å². The van der Waals surface area contributed by atoms with Crippen LogP contribution in [0.1, 0.15) is 39.7 Å². The molecule has 3 rings (SSSR count). The number of hydrogen-bond acceptors (Lipinski definition) is 7. The van der Waals surface area contributed by atoms with Gasteiger partial charge < -0.3 is 14.6 Å². The average Bonchev–Trinajstić information content (AvgIpc) is 2.89. The molecular weight excluding hydrogens is 540 g/mol. The van der Waals surface area contributed by atoms with Crippen molar-refractivity contribution in [3.63, 3.8) is 0 Å². The summed E-state index contributed by atoms with van der Waals surface area (Å²) >= 11 is 0. The summed E-state index contributed by atoms with van der Waals surface area (Å²) in [6.45, 7) is 7.19. The predicted octanol–water partition coefficient (Wildman–Crippen LogP) is 3.18. The summed E-state index contributed by atoms with van der Waals surface area (Å²) in [5.74, 6) is 6.65. The van der Waals surface area contributed by atoms with E-state index >= 15 is 0 Å². The number of ether oxygens (including phenoxy) is 2. The number of aliphatic hydroxyl groups is 1. The van der Waals surface area contributed by atoms with E-state index in [-0.39, 0.29) is 35.2 Å². The number of rotatable bonds is 8. The number of nitrogens with zero attached hydrogens (tertiary/aromatic N) is 2. The first-order valence-electron chi connectivity index (χ1n) is 12.8. The van der Waals surface area contributed by atoms with E-state index in [0.29, 0.717) is 23.7 Å². The van der Waals surface area contributed by atoms with Crippen molar-refractivity contribution in [2.75, 3.05) is 33.9 Å². The van der Waals surface area contributed by atoms with E-state index < -0.39 is 38.1 Å². The molecule has 1 N–H and O–H groups in total. The smallest absolute Gasteiger partial charge is 0.247 e. The van der Waals surface area contributed by atoms with Gasteiger partial charge in [-0.2, -0.15) is 8.61 Å². The van der Waals surface area contributed by atoms with Crippen LogP contribution in [-0.4, -0.2) is 76.6 Å². The van der Waals surface area contributed by atoms with Crippen molar-refractivity contribution in [3.05, 3.63) is 48.0 Å². The number of methoxy groups -OCH3 is 1. The summed E-state index contributed by atoms with van der Waals surface area (Å²) in [5, 5.41) is 9.84. The third-order valence-corrected chi connectivity index (χ3v) is 10.4. The van der Waals surface area contributed by atoms with E-state index in [1.54, 1.807) is 38.1 Å². The number of fused-ring (bicyclic) bond motifs is 1. The molecule has 2 aromatic rings. The highest BCUT2D eigenvalue weighted by molar-refractivity contribution is 7.89. The van der Waals surface area contributed by atoms with Crippen LogP contribution in [0.2, 0.25) is 0 Å². The van der Waals surface area contributed by atoms with Crippen LogP contribution in [0.5, 0.6) is 11.5 Å². The molecular formula is C28H38N2O7S2. The molecule has 0 aliphatic carbocycles. The number of sulfonamides is 2. The highest BCUT2D eigenvalue weighted by Gasteiger charge is 2.39. The minimum atomic E-state index is -4.01. The highest BCUT2D eigenvalue weighted by atomic mass is 32.2. The van der Waals surface area contributed by atoms with Crippen LogP contribution < -0.4 is 9.47 Å².